The lowest BCUT2D eigenvalue weighted by Crippen LogP contribution is -2.36. The number of nitrogens with zero attached hydrogens (tertiary/aromatic N) is 3. The Morgan fingerprint density at radius 3 is 2.35 bits per heavy atom. The lowest BCUT2D eigenvalue weighted by molar-refractivity contribution is 0.0944. The number of carbonyl (C=O) groups is 1. The first-order chi connectivity index (χ1) is 16.6. The van der Waals surface area contributed by atoms with Crippen LogP contribution in [0.2, 0.25) is 0 Å². The minimum Gasteiger partial charge on any atom is -0.388 e. The fourth-order valence-electron chi connectivity index (χ4n) is 3.65. The third-order valence-electron chi connectivity index (χ3n) is 5.30. The average molecular weight is 486 g/mol. The van der Waals surface area contributed by atoms with Crippen molar-refractivity contribution < 1.29 is 9.53 Å². The fourth-order valence-corrected chi connectivity index (χ4v) is 3.65. The first kappa shape index (κ1) is 27.5. The topological polar surface area (TPSA) is 70.9 Å². The number of aromatic nitrogens is 2. The van der Waals surface area contributed by atoms with Gasteiger partial charge in [0.05, 0.1) is 18.9 Å². The van der Waals surface area contributed by atoms with Crippen molar-refractivity contribution in [3.8, 4) is 0 Å². The summed E-state index contributed by atoms with van der Waals surface area (Å²) in [6.07, 6.45) is 2.59. The first-order valence-corrected chi connectivity index (χ1v) is 12.7. The van der Waals surface area contributed by atoms with E-state index in [0.29, 0.717) is 18.7 Å². The third-order valence-corrected chi connectivity index (χ3v) is 5.30. The van der Waals surface area contributed by atoms with Gasteiger partial charge in [-0.1, -0.05) is 39.8 Å². The van der Waals surface area contributed by atoms with E-state index in [1.165, 1.54) is 5.69 Å². The largest absolute Gasteiger partial charge is 0.388 e. The number of ether oxygens (including phenoxy) is 1. The smallest absolute Gasteiger partial charge is 0.270 e. The Kier molecular flexibility index (Phi) is 11.8. The van der Waals surface area contributed by atoms with Gasteiger partial charge in [-0.2, -0.15) is 12.6 Å². The molecule has 4 rings (SSSR count). The maximum absolute atomic E-state index is 12.9. The van der Waals surface area contributed by atoms with Crippen LogP contribution in [0.4, 0.5) is 11.4 Å². The highest BCUT2D eigenvalue weighted by Crippen LogP contribution is 2.19. The summed E-state index contributed by atoms with van der Waals surface area (Å²) in [7, 11) is 1.87. The second-order valence-corrected chi connectivity index (χ2v) is 8.05. The van der Waals surface area contributed by atoms with Gasteiger partial charge in [-0.25, -0.2) is 4.98 Å². The monoisotopic (exact) mass is 485 g/mol. The predicted octanol–water partition coefficient (Wildman–Crippen LogP) is 4.67. The maximum atomic E-state index is 12.9. The van der Waals surface area contributed by atoms with Crippen molar-refractivity contribution in [1.82, 2.24) is 14.7 Å². The summed E-state index contributed by atoms with van der Waals surface area (Å²) in [5.74, 6) is 0.837. The van der Waals surface area contributed by atoms with Crippen molar-refractivity contribution >= 4 is 35.6 Å². The fraction of sp³-hybridized carbons (Fsp3) is 0.462. The zero-order chi connectivity index (χ0) is 24.9. The minimum absolute atomic E-state index is 0.108. The molecular formula is C26H39N5O2S. The standard InChI is InChI=1S/C22H27N5O2.C2H6S.C2H6/c1-3-19-21(27-9-8-17(23-2)14-20(27)25-19)22(28)24-15-16-4-6-18(7-5-16)26-10-12-29-13-11-26;1-2-3;1-2/h4-9,14,23H,3,10-13,15H2,1-2H3,(H,24,28);3H,2H2,1H3;1-2H3. The number of fused-ring (bicyclic) bond motifs is 1. The van der Waals surface area contributed by atoms with Crippen LogP contribution in [0.3, 0.4) is 0 Å². The van der Waals surface area contributed by atoms with Crippen LogP contribution < -0.4 is 15.5 Å². The van der Waals surface area contributed by atoms with Crippen LogP contribution in [0, 0.1) is 0 Å². The lowest BCUT2D eigenvalue weighted by Gasteiger charge is -2.28. The Hall–Kier alpha value is -2.71. The molecule has 1 aliphatic heterocycles. The molecule has 0 bridgehead atoms. The van der Waals surface area contributed by atoms with Gasteiger partial charge in [0.1, 0.15) is 11.3 Å². The molecule has 2 aromatic heterocycles. The van der Waals surface area contributed by atoms with Crippen LogP contribution in [0.1, 0.15) is 49.4 Å². The second kappa shape index (κ2) is 14.5. The van der Waals surface area contributed by atoms with Gasteiger partial charge in [0.15, 0.2) is 0 Å². The molecule has 2 N–H and O–H groups in total. The van der Waals surface area contributed by atoms with E-state index in [0.717, 1.165) is 54.6 Å². The molecule has 0 saturated carbocycles. The number of hydrogen-bond acceptors (Lipinski definition) is 6. The molecule has 1 saturated heterocycles. The number of aryl methyl sites for hydroxylation is 1. The molecule has 186 valence electrons. The zero-order valence-electron chi connectivity index (χ0n) is 21.1. The number of rotatable bonds is 6. The highest BCUT2D eigenvalue weighted by molar-refractivity contribution is 7.80. The molecule has 1 fully saturated rings. The number of thiol groups is 1. The summed E-state index contributed by atoms with van der Waals surface area (Å²) in [4.78, 5) is 19.9. The molecule has 1 amide bonds. The van der Waals surface area contributed by atoms with Crippen molar-refractivity contribution in [3.05, 3.63) is 59.5 Å². The van der Waals surface area contributed by atoms with E-state index in [1.54, 1.807) is 0 Å². The van der Waals surface area contributed by atoms with Crippen LogP contribution in [0.25, 0.3) is 5.65 Å². The van der Waals surface area contributed by atoms with Crippen LogP contribution in [-0.2, 0) is 17.7 Å². The number of benzene rings is 1. The Bertz CT molecular complexity index is 1010. The van der Waals surface area contributed by atoms with Crippen molar-refractivity contribution in [2.24, 2.45) is 0 Å². The van der Waals surface area contributed by atoms with Crippen molar-refractivity contribution in [2.45, 2.75) is 40.7 Å². The molecule has 0 spiro atoms. The van der Waals surface area contributed by atoms with Gasteiger partial charge in [0.25, 0.3) is 5.91 Å². The third kappa shape index (κ3) is 7.14. The van der Waals surface area contributed by atoms with E-state index in [-0.39, 0.29) is 5.91 Å². The molecule has 0 aliphatic carbocycles. The van der Waals surface area contributed by atoms with Crippen LogP contribution in [0.15, 0.2) is 42.6 Å². The first-order valence-electron chi connectivity index (χ1n) is 12.1. The van der Waals surface area contributed by atoms with E-state index in [4.69, 9.17) is 4.74 Å². The molecule has 0 atom stereocenters. The van der Waals surface area contributed by atoms with E-state index in [2.05, 4.69) is 57.4 Å². The molecule has 0 unspecified atom stereocenters. The van der Waals surface area contributed by atoms with E-state index in [9.17, 15) is 4.79 Å². The summed E-state index contributed by atoms with van der Waals surface area (Å²) < 4.78 is 7.27. The number of carbonyl (C=O) groups excluding carboxylic acids is 1. The Morgan fingerprint density at radius 1 is 1.12 bits per heavy atom. The molecule has 34 heavy (non-hydrogen) atoms. The molecule has 1 aromatic carbocycles. The summed E-state index contributed by atoms with van der Waals surface area (Å²) in [6, 6.07) is 12.2. The predicted molar refractivity (Wildman–Crippen MR) is 146 cm³/mol. The van der Waals surface area contributed by atoms with E-state index in [1.807, 2.05) is 57.5 Å². The van der Waals surface area contributed by atoms with Gasteiger partial charge in [-0.15, -0.1) is 0 Å². The average Bonchev–Trinajstić information content (AvgIpc) is 3.27. The summed E-state index contributed by atoms with van der Waals surface area (Å²) in [5, 5.41) is 6.15. The van der Waals surface area contributed by atoms with Crippen molar-refractivity contribution in [3.63, 3.8) is 0 Å². The quantitative estimate of drug-likeness (QED) is 0.443. The normalized spacial score (nSPS) is 12.8. The van der Waals surface area contributed by atoms with Gasteiger partial charge in [-0.3, -0.25) is 9.20 Å². The minimum atomic E-state index is -0.108. The highest BCUT2D eigenvalue weighted by Gasteiger charge is 2.18. The second-order valence-electron chi connectivity index (χ2n) is 7.42. The van der Waals surface area contributed by atoms with E-state index >= 15 is 0 Å². The Labute approximate surface area is 209 Å². The van der Waals surface area contributed by atoms with Gasteiger partial charge in [0.2, 0.25) is 0 Å². The number of anilines is 2. The van der Waals surface area contributed by atoms with Gasteiger partial charge >= 0.3 is 0 Å². The lowest BCUT2D eigenvalue weighted by atomic mass is 10.1. The Balaban J connectivity index is 0.000000758. The number of morpholine rings is 1. The number of pyridine rings is 1. The van der Waals surface area contributed by atoms with E-state index < -0.39 is 0 Å². The molecule has 1 aliphatic rings. The van der Waals surface area contributed by atoms with Crippen molar-refractivity contribution in [1.29, 1.82) is 0 Å². The zero-order valence-corrected chi connectivity index (χ0v) is 22.0. The summed E-state index contributed by atoms with van der Waals surface area (Å²) in [6.45, 7) is 11.9. The number of nitrogens with one attached hydrogen (secondary N) is 2. The van der Waals surface area contributed by atoms with Gasteiger partial charge in [-0.05, 0) is 35.9 Å². The van der Waals surface area contributed by atoms with Gasteiger partial charge < -0.3 is 20.3 Å². The number of imidazole rings is 1. The summed E-state index contributed by atoms with van der Waals surface area (Å²) >= 11 is 3.79. The molecule has 3 aromatic rings. The molecule has 8 heteroatoms. The molecule has 0 radical (unpaired) electrons. The molecular weight excluding hydrogens is 446 g/mol. The Morgan fingerprint density at radius 2 is 1.76 bits per heavy atom. The maximum Gasteiger partial charge on any atom is 0.270 e. The van der Waals surface area contributed by atoms with Crippen LogP contribution in [-0.4, -0.2) is 54.4 Å². The number of hydrogen-bond donors (Lipinski definition) is 3. The van der Waals surface area contributed by atoms with Crippen LogP contribution >= 0.6 is 12.6 Å². The molecule has 3 heterocycles. The van der Waals surface area contributed by atoms with Crippen LogP contribution in [0.5, 0.6) is 0 Å². The summed E-state index contributed by atoms with van der Waals surface area (Å²) in [5.41, 5.74) is 5.41. The SMILES string of the molecule is CC.CCS.CCc1nc2cc(NC)ccn2c1C(=O)NCc1ccc(N2CCOCC2)cc1. The number of amides is 1. The highest BCUT2D eigenvalue weighted by atomic mass is 32.1. The molecule has 7 nitrogen and oxygen atoms in total. The van der Waals surface area contributed by atoms with Gasteiger partial charge in [0, 0.05) is 50.3 Å². The van der Waals surface area contributed by atoms with Crippen molar-refractivity contribution in [2.75, 3.05) is 49.3 Å².